The van der Waals surface area contributed by atoms with E-state index in [-0.39, 0.29) is 12.0 Å². The van der Waals surface area contributed by atoms with Crippen LogP contribution in [-0.4, -0.2) is 39.8 Å². The summed E-state index contributed by atoms with van der Waals surface area (Å²) in [5.41, 5.74) is -0.435. The van der Waals surface area contributed by atoms with E-state index >= 15 is 0 Å². The molecule has 2 N–H and O–H groups in total. The van der Waals surface area contributed by atoms with Crippen LogP contribution in [0.2, 0.25) is 0 Å². The predicted molar refractivity (Wildman–Crippen MR) is 91.1 cm³/mol. The average molecular weight is 380 g/mol. The smallest absolute Gasteiger partial charge is 0.377 e. The summed E-state index contributed by atoms with van der Waals surface area (Å²) in [5.74, 6) is -8.40. The topological polar surface area (TPSA) is 101 Å². The van der Waals surface area contributed by atoms with Gasteiger partial charge in [-0.1, -0.05) is 11.6 Å². The molecule has 1 atom stereocenters. The van der Waals surface area contributed by atoms with Gasteiger partial charge >= 0.3 is 11.9 Å². The molecule has 0 aromatic heterocycles. The minimum absolute atomic E-state index is 0.121. The molecule has 0 radical (unpaired) electrons. The lowest BCUT2D eigenvalue weighted by Gasteiger charge is -2.24. The quantitative estimate of drug-likeness (QED) is 0.462. The molecule has 8 heteroatoms. The van der Waals surface area contributed by atoms with Crippen LogP contribution in [0, 0.1) is 0 Å². The lowest BCUT2D eigenvalue weighted by molar-refractivity contribution is -0.172. The normalized spacial score (nSPS) is 14.9. The van der Waals surface area contributed by atoms with Gasteiger partial charge in [0, 0.05) is 18.9 Å². The van der Waals surface area contributed by atoms with Gasteiger partial charge in [-0.3, -0.25) is 9.59 Å². The van der Waals surface area contributed by atoms with E-state index in [9.17, 15) is 33.4 Å². The summed E-state index contributed by atoms with van der Waals surface area (Å²) in [6.07, 6.45) is 0.810. The molecule has 1 aliphatic rings. The maximum Gasteiger partial charge on any atom is 0.377 e. The summed E-state index contributed by atoms with van der Waals surface area (Å²) in [4.78, 5) is 36.7. The Kier molecular flexibility index (Phi) is 5.48. The van der Waals surface area contributed by atoms with Crippen molar-refractivity contribution < 1.29 is 38.1 Å². The Bertz CT molecular complexity index is 873. The highest BCUT2D eigenvalue weighted by molar-refractivity contribution is 6.27. The molecule has 1 aromatic carbocycles. The number of carbonyl (C=O) groups excluding carboxylic acids is 3. The van der Waals surface area contributed by atoms with Crippen molar-refractivity contribution in [2.24, 2.45) is 0 Å². The molecule has 0 amide bonds. The molecule has 0 saturated carbocycles. The highest BCUT2D eigenvalue weighted by Crippen LogP contribution is 2.36. The molecule has 2 rings (SSSR count). The fourth-order valence-electron chi connectivity index (χ4n) is 2.54. The highest BCUT2D eigenvalue weighted by atomic mass is 19.3. The van der Waals surface area contributed by atoms with Gasteiger partial charge in [-0.15, -0.1) is 0 Å². The maximum atomic E-state index is 13.2. The van der Waals surface area contributed by atoms with Gasteiger partial charge in [0.25, 0.3) is 0 Å². The zero-order valence-electron chi connectivity index (χ0n) is 14.9. The zero-order chi connectivity index (χ0) is 20.5. The van der Waals surface area contributed by atoms with E-state index in [0.717, 1.165) is 23.8 Å². The minimum Gasteiger partial charge on any atom is -0.507 e. The molecular formula is C19H18F2O6. The monoisotopic (exact) mass is 380 g/mol. The SMILES string of the molecule is CC(C)=CCC(OC(=O)C(C)(F)F)C1=CC(=O)c2c(O)ccc(O)c2C1=O. The predicted octanol–water partition coefficient (Wildman–Crippen LogP) is 3.33. The Morgan fingerprint density at radius 2 is 1.74 bits per heavy atom. The number of esters is 1. The number of alkyl halides is 2. The van der Waals surface area contributed by atoms with E-state index in [1.54, 1.807) is 19.9 Å². The molecular weight excluding hydrogens is 362 g/mol. The van der Waals surface area contributed by atoms with E-state index in [0.29, 0.717) is 6.92 Å². The fourth-order valence-corrected chi connectivity index (χ4v) is 2.54. The van der Waals surface area contributed by atoms with Crippen LogP contribution in [0.15, 0.2) is 35.4 Å². The summed E-state index contributed by atoms with van der Waals surface area (Å²) in [6, 6.07) is 2.08. The van der Waals surface area contributed by atoms with Crippen LogP contribution in [0.4, 0.5) is 8.78 Å². The first-order valence-electron chi connectivity index (χ1n) is 8.01. The second-order valence-corrected chi connectivity index (χ2v) is 6.45. The molecule has 0 fully saturated rings. The number of hydrogen-bond donors (Lipinski definition) is 2. The summed E-state index contributed by atoms with van der Waals surface area (Å²) < 4.78 is 31.3. The van der Waals surface area contributed by atoms with Gasteiger partial charge in [0.1, 0.15) is 17.6 Å². The molecule has 0 saturated heterocycles. The van der Waals surface area contributed by atoms with Crippen molar-refractivity contribution in [1.29, 1.82) is 0 Å². The van der Waals surface area contributed by atoms with Crippen molar-refractivity contribution in [3.05, 3.63) is 46.6 Å². The summed E-state index contributed by atoms with van der Waals surface area (Å²) in [5, 5.41) is 19.8. The number of hydrogen-bond acceptors (Lipinski definition) is 6. The van der Waals surface area contributed by atoms with E-state index < -0.39 is 52.2 Å². The molecule has 1 unspecified atom stereocenters. The van der Waals surface area contributed by atoms with Crippen molar-refractivity contribution in [2.45, 2.75) is 39.2 Å². The van der Waals surface area contributed by atoms with Crippen LogP contribution in [-0.2, 0) is 9.53 Å². The van der Waals surface area contributed by atoms with Crippen LogP contribution in [0.25, 0.3) is 0 Å². The number of aromatic hydroxyl groups is 2. The number of ketones is 2. The Labute approximate surface area is 153 Å². The number of benzene rings is 1. The van der Waals surface area contributed by atoms with Crippen LogP contribution in [0.1, 0.15) is 47.9 Å². The fraction of sp³-hybridized carbons (Fsp3) is 0.316. The summed E-state index contributed by atoms with van der Waals surface area (Å²) >= 11 is 0. The molecule has 6 nitrogen and oxygen atoms in total. The second-order valence-electron chi connectivity index (χ2n) is 6.45. The number of halogens is 2. The van der Waals surface area contributed by atoms with Crippen molar-refractivity contribution >= 4 is 17.5 Å². The standard InChI is InChI=1S/C19H18F2O6/c1-9(2)4-7-14(27-18(26)19(3,20)21)10-8-13(24)15-11(22)5-6-12(23)16(15)17(10)25/h4-6,8,14,22-23H,7H2,1-3H3. The maximum absolute atomic E-state index is 13.2. The van der Waals surface area contributed by atoms with Gasteiger partial charge in [-0.2, -0.15) is 8.78 Å². The van der Waals surface area contributed by atoms with Crippen molar-refractivity contribution in [2.75, 3.05) is 0 Å². The molecule has 1 aliphatic carbocycles. The number of phenolic OH excluding ortho intramolecular Hbond substituents is 2. The van der Waals surface area contributed by atoms with E-state index in [2.05, 4.69) is 0 Å². The Hall–Kier alpha value is -3.03. The van der Waals surface area contributed by atoms with Gasteiger partial charge in [-0.25, -0.2) is 4.79 Å². The Morgan fingerprint density at radius 1 is 1.19 bits per heavy atom. The molecule has 0 heterocycles. The van der Waals surface area contributed by atoms with Gasteiger partial charge < -0.3 is 14.9 Å². The lowest BCUT2D eigenvalue weighted by atomic mass is 9.85. The van der Waals surface area contributed by atoms with Crippen LogP contribution in [0.5, 0.6) is 11.5 Å². The third kappa shape index (κ3) is 4.21. The first-order chi connectivity index (χ1) is 12.4. The molecule has 1 aromatic rings. The van der Waals surface area contributed by atoms with Crippen molar-refractivity contribution in [3.8, 4) is 11.5 Å². The number of fused-ring (bicyclic) bond motifs is 1. The molecule has 0 bridgehead atoms. The number of rotatable bonds is 5. The number of carbonyl (C=O) groups is 3. The van der Waals surface area contributed by atoms with Gasteiger partial charge in [0.15, 0.2) is 11.6 Å². The van der Waals surface area contributed by atoms with Crippen LogP contribution < -0.4 is 0 Å². The molecule has 27 heavy (non-hydrogen) atoms. The largest absolute Gasteiger partial charge is 0.507 e. The number of Topliss-reactive ketones (excluding diaryl/α,β-unsaturated/α-hetero) is 1. The van der Waals surface area contributed by atoms with Gasteiger partial charge in [0.2, 0.25) is 0 Å². The highest BCUT2D eigenvalue weighted by Gasteiger charge is 2.40. The molecule has 0 aliphatic heterocycles. The molecule has 0 spiro atoms. The first-order valence-corrected chi connectivity index (χ1v) is 8.01. The molecule has 144 valence electrons. The Balaban J connectivity index is 2.51. The van der Waals surface area contributed by atoms with E-state index in [1.807, 2.05) is 0 Å². The second kappa shape index (κ2) is 7.30. The summed E-state index contributed by atoms with van der Waals surface area (Å²) in [6.45, 7) is 3.79. The van der Waals surface area contributed by atoms with E-state index in [1.165, 1.54) is 0 Å². The van der Waals surface area contributed by atoms with Crippen LogP contribution >= 0.6 is 0 Å². The van der Waals surface area contributed by atoms with Crippen molar-refractivity contribution in [3.63, 3.8) is 0 Å². The number of ether oxygens (including phenoxy) is 1. The Morgan fingerprint density at radius 3 is 2.26 bits per heavy atom. The summed E-state index contributed by atoms with van der Waals surface area (Å²) in [7, 11) is 0. The van der Waals surface area contributed by atoms with Crippen LogP contribution in [0.3, 0.4) is 0 Å². The zero-order valence-corrected chi connectivity index (χ0v) is 14.9. The van der Waals surface area contributed by atoms with E-state index in [4.69, 9.17) is 4.74 Å². The first kappa shape index (κ1) is 20.3. The third-order valence-electron chi connectivity index (χ3n) is 3.88. The third-order valence-corrected chi connectivity index (χ3v) is 3.88. The van der Waals surface area contributed by atoms with Gasteiger partial charge in [0.05, 0.1) is 11.1 Å². The average Bonchev–Trinajstić information content (AvgIpc) is 2.55. The number of phenols is 2. The number of allylic oxidation sites excluding steroid dienone is 2. The van der Waals surface area contributed by atoms with Gasteiger partial charge in [-0.05, 0) is 32.1 Å². The lowest BCUT2D eigenvalue weighted by Crippen LogP contribution is -2.35. The van der Waals surface area contributed by atoms with Crippen molar-refractivity contribution in [1.82, 2.24) is 0 Å². The minimum atomic E-state index is -3.79.